The van der Waals surface area contributed by atoms with Crippen molar-refractivity contribution in [2.24, 2.45) is 0 Å². The van der Waals surface area contributed by atoms with Crippen molar-refractivity contribution in [1.29, 1.82) is 0 Å². The zero-order valence-electron chi connectivity index (χ0n) is 30.0. The minimum Gasteiger partial charge on any atom is -0.363 e. The summed E-state index contributed by atoms with van der Waals surface area (Å²) in [7, 11) is -4.28. The summed E-state index contributed by atoms with van der Waals surface area (Å²) in [5.41, 5.74) is -3.16. The monoisotopic (exact) mass is 941 g/mol. The van der Waals surface area contributed by atoms with Gasteiger partial charge < -0.3 is 9.47 Å². The van der Waals surface area contributed by atoms with Crippen LogP contribution in [0.2, 0.25) is 20.1 Å². The number of nitrogens with zero attached hydrogens (tertiary/aromatic N) is 3. The lowest BCUT2D eigenvalue weighted by Crippen LogP contribution is -2.35. The van der Waals surface area contributed by atoms with Crippen LogP contribution in [0.4, 0.5) is 37.7 Å². The zero-order valence-corrected chi connectivity index (χ0v) is 34.7. The van der Waals surface area contributed by atoms with Gasteiger partial charge in [0.05, 0.1) is 55.0 Å². The number of alkyl halides is 6. The number of hydroxylamine groups is 2. The first-order valence-electron chi connectivity index (χ1n) is 15.5. The second kappa shape index (κ2) is 19.5. The van der Waals surface area contributed by atoms with Crippen molar-refractivity contribution in [1.82, 2.24) is 5.06 Å². The molecule has 4 aromatic rings. The first-order chi connectivity index (χ1) is 26.9. The van der Waals surface area contributed by atoms with Crippen LogP contribution in [0.15, 0.2) is 82.6 Å². The molecule has 0 bridgehead atoms. The van der Waals surface area contributed by atoms with Crippen LogP contribution in [0.5, 0.6) is 0 Å². The van der Waals surface area contributed by atoms with Crippen LogP contribution in [0.1, 0.15) is 31.8 Å². The predicted octanol–water partition coefficient (Wildman–Crippen LogP) is 9.07. The second-order valence-electron chi connectivity index (χ2n) is 11.3. The van der Waals surface area contributed by atoms with Gasteiger partial charge in [0.1, 0.15) is 13.5 Å². The van der Waals surface area contributed by atoms with Gasteiger partial charge in [-0.05, 0) is 72.8 Å². The van der Waals surface area contributed by atoms with Gasteiger partial charge in [-0.2, -0.15) is 26.3 Å². The number of aldehydes is 1. The van der Waals surface area contributed by atoms with E-state index in [0.717, 1.165) is 29.3 Å². The number of methoxy groups -OCH3 is 2. The zero-order chi connectivity index (χ0) is 44.0. The Morgan fingerprint density at radius 1 is 0.655 bits per heavy atom. The van der Waals surface area contributed by atoms with Gasteiger partial charge >= 0.3 is 12.4 Å². The molecule has 4 rings (SSSR count). The van der Waals surface area contributed by atoms with Gasteiger partial charge in [0, 0.05) is 36.9 Å². The average molecular weight is 944 g/mol. The smallest absolute Gasteiger partial charge is 0.363 e. The van der Waals surface area contributed by atoms with E-state index in [0.29, 0.717) is 27.0 Å². The van der Waals surface area contributed by atoms with E-state index in [4.69, 9.17) is 60.7 Å². The van der Waals surface area contributed by atoms with Crippen LogP contribution in [-0.4, -0.2) is 75.9 Å². The highest BCUT2D eigenvalue weighted by Gasteiger charge is 2.38. The molecule has 24 heteroatoms. The molecule has 0 saturated carbocycles. The van der Waals surface area contributed by atoms with Crippen molar-refractivity contribution < 1.29 is 67.1 Å². The summed E-state index contributed by atoms with van der Waals surface area (Å²) >= 11 is 23.0. The third kappa shape index (κ3) is 11.2. The lowest BCUT2D eigenvalue weighted by Gasteiger charge is -2.27. The van der Waals surface area contributed by atoms with E-state index in [9.17, 15) is 52.8 Å². The molecule has 0 radical (unpaired) electrons. The molecule has 0 heterocycles. The van der Waals surface area contributed by atoms with Gasteiger partial charge in [-0.3, -0.25) is 14.4 Å². The molecule has 0 aliphatic heterocycles. The first kappa shape index (κ1) is 48.5. The number of amides is 1. The van der Waals surface area contributed by atoms with Crippen molar-refractivity contribution >= 4 is 90.0 Å². The number of ether oxygens (including phenoxy) is 2. The van der Waals surface area contributed by atoms with Crippen LogP contribution in [0.25, 0.3) is 0 Å². The van der Waals surface area contributed by atoms with E-state index in [-0.39, 0.29) is 32.5 Å². The maximum absolute atomic E-state index is 13.3. The molecular formula is C34H29Cl4F6N3O9S2. The van der Waals surface area contributed by atoms with E-state index in [1.54, 1.807) is 0 Å². The Hall–Kier alpha value is -3.86. The molecule has 316 valence electrons. The standard InChI is InChI=1S/C18H17Cl2F3N2O5S.C16H12Cl2F3NO4S/c1-24(30-3)17(26)13-6-4-11(19)8-16(13)25(10-29-2)31(27,28)12-5-7-15(20)14(9-12)18(21,22)23;1-26-9-22(15-6-11(17)3-2-10(15)8-23)27(24,25)12-4-5-14(18)13(7-12)16(19,20)21/h4-9H,10H2,1-3H3;2-8H,9H2,1H3. The van der Waals surface area contributed by atoms with Crippen molar-refractivity contribution in [2.45, 2.75) is 22.1 Å². The Bertz CT molecular complexity index is 2370. The largest absolute Gasteiger partial charge is 0.417 e. The Kier molecular flexibility index (Phi) is 16.3. The SMILES string of the molecule is COCN(c1cc(Cl)ccc1C(=O)N(C)OC)S(=O)(=O)c1ccc(Cl)c(C(F)(F)F)c1.COCN(c1cc(Cl)ccc1C=O)S(=O)(=O)c1ccc(Cl)c(C(F)(F)F)c1. The van der Waals surface area contributed by atoms with Gasteiger partial charge in [-0.25, -0.2) is 30.5 Å². The van der Waals surface area contributed by atoms with Crippen LogP contribution in [0, 0.1) is 0 Å². The maximum Gasteiger partial charge on any atom is 0.417 e. The highest BCUT2D eigenvalue weighted by atomic mass is 35.5. The molecule has 1 amide bonds. The molecule has 0 N–H and O–H groups in total. The van der Waals surface area contributed by atoms with Crippen LogP contribution >= 0.6 is 46.4 Å². The van der Waals surface area contributed by atoms with Crippen LogP contribution in [0.3, 0.4) is 0 Å². The molecular weight excluding hydrogens is 914 g/mol. The first-order valence-corrected chi connectivity index (χ1v) is 19.9. The third-order valence-corrected chi connectivity index (χ3v) is 12.2. The van der Waals surface area contributed by atoms with Crippen LogP contribution < -0.4 is 8.61 Å². The number of anilines is 2. The number of halogens is 10. The molecule has 0 aromatic heterocycles. The average Bonchev–Trinajstić information content (AvgIpc) is 3.14. The predicted molar refractivity (Wildman–Crippen MR) is 203 cm³/mol. The molecule has 12 nitrogen and oxygen atoms in total. The lowest BCUT2D eigenvalue weighted by molar-refractivity contribution is -0.138. The van der Waals surface area contributed by atoms with E-state index in [1.165, 1.54) is 64.8 Å². The Balaban J connectivity index is 0.000000313. The van der Waals surface area contributed by atoms with Crippen molar-refractivity contribution in [3.8, 4) is 0 Å². The summed E-state index contributed by atoms with van der Waals surface area (Å²) in [5.74, 6) is -0.724. The van der Waals surface area contributed by atoms with E-state index >= 15 is 0 Å². The Morgan fingerprint density at radius 3 is 1.47 bits per heavy atom. The summed E-state index contributed by atoms with van der Waals surface area (Å²) in [6.07, 6.45) is -9.33. The fourth-order valence-electron chi connectivity index (χ4n) is 4.77. The van der Waals surface area contributed by atoms with Gasteiger partial charge in [0.25, 0.3) is 26.0 Å². The fourth-order valence-corrected chi connectivity index (χ4v) is 8.39. The van der Waals surface area contributed by atoms with Gasteiger partial charge in [-0.1, -0.05) is 46.4 Å². The van der Waals surface area contributed by atoms with E-state index < -0.39 is 82.7 Å². The minimum atomic E-state index is -4.88. The van der Waals surface area contributed by atoms with E-state index in [2.05, 4.69) is 0 Å². The molecule has 0 spiro atoms. The third-order valence-electron chi connectivity index (χ3n) is 7.56. The van der Waals surface area contributed by atoms with Crippen molar-refractivity contribution in [3.05, 3.63) is 115 Å². The van der Waals surface area contributed by atoms with Gasteiger partial charge in [0.15, 0.2) is 6.29 Å². The van der Waals surface area contributed by atoms with Crippen molar-refractivity contribution in [3.63, 3.8) is 0 Å². The molecule has 0 saturated heterocycles. The quantitative estimate of drug-likeness (QED) is 0.0556. The molecule has 0 aliphatic rings. The van der Waals surface area contributed by atoms with E-state index in [1.807, 2.05) is 0 Å². The van der Waals surface area contributed by atoms with Gasteiger partial charge in [0.2, 0.25) is 0 Å². The number of rotatable bonds is 13. The van der Waals surface area contributed by atoms with Gasteiger partial charge in [-0.15, -0.1) is 0 Å². The number of carbonyl (C=O) groups is 2. The molecule has 0 unspecified atom stereocenters. The second-order valence-corrected chi connectivity index (χ2v) is 16.7. The normalized spacial score (nSPS) is 12.0. The fraction of sp³-hybridized carbons (Fsp3) is 0.235. The van der Waals surface area contributed by atoms with Crippen LogP contribution in [-0.2, 0) is 46.7 Å². The highest BCUT2D eigenvalue weighted by Crippen LogP contribution is 2.39. The summed E-state index contributed by atoms with van der Waals surface area (Å²) in [5, 5.41) is -0.260. The topological polar surface area (TPSA) is 140 Å². The molecule has 4 aromatic carbocycles. The number of hydrogen-bond acceptors (Lipinski definition) is 9. The summed E-state index contributed by atoms with van der Waals surface area (Å²) in [6.45, 7) is -1.18. The number of benzene rings is 4. The molecule has 0 aliphatic carbocycles. The summed E-state index contributed by atoms with van der Waals surface area (Å²) in [4.78, 5) is 27.4. The summed E-state index contributed by atoms with van der Waals surface area (Å²) in [6, 6.07) is 12.0. The number of sulfonamides is 2. The maximum atomic E-state index is 13.3. The highest BCUT2D eigenvalue weighted by molar-refractivity contribution is 7.93. The number of carbonyl (C=O) groups excluding carboxylic acids is 2. The molecule has 0 atom stereocenters. The number of hydrogen-bond donors (Lipinski definition) is 0. The Morgan fingerprint density at radius 2 is 1.07 bits per heavy atom. The lowest BCUT2D eigenvalue weighted by atomic mass is 10.1. The summed E-state index contributed by atoms with van der Waals surface area (Å²) < 4.78 is 143. The van der Waals surface area contributed by atoms with Crippen molar-refractivity contribution in [2.75, 3.05) is 50.4 Å². The minimum absolute atomic E-state index is 0.0370. The Labute approximate surface area is 348 Å². The molecule has 0 fully saturated rings. The molecule has 58 heavy (non-hydrogen) atoms.